The third kappa shape index (κ3) is 3.96. The van der Waals surface area contributed by atoms with Gasteiger partial charge in [0, 0.05) is 5.70 Å². The molecule has 0 spiro atoms. The number of hydrogen-bond donors (Lipinski definition) is 2. The Balaban J connectivity index is 1.70. The Bertz CT molecular complexity index is 1150. The van der Waals surface area contributed by atoms with Crippen LogP contribution >= 0.6 is 0 Å². The molecule has 8 nitrogen and oxygen atoms in total. The molecule has 4 rings (SSSR count). The van der Waals surface area contributed by atoms with E-state index in [-0.39, 0.29) is 0 Å². The molecule has 31 heavy (non-hydrogen) atoms. The summed E-state index contributed by atoms with van der Waals surface area (Å²) < 4.78 is 13.6. The first kappa shape index (κ1) is 20.5. The topological polar surface area (TPSA) is 104 Å². The maximum absolute atomic E-state index is 12.3. The lowest BCUT2D eigenvalue weighted by Crippen LogP contribution is -2.31. The number of primary amides is 1. The van der Waals surface area contributed by atoms with Gasteiger partial charge in [-0.1, -0.05) is 30.3 Å². The highest BCUT2D eigenvalue weighted by atomic mass is 16.5. The molecular formula is C23H25N5O3. The van der Waals surface area contributed by atoms with Gasteiger partial charge in [0.15, 0.2) is 11.5 Å². The van der Waals surface area contributed by atoms with Crippen LogP contribution in [0.4, 0.5) is 5.95 Å². The number of anilines is 1. The number of hydrogen-bond acceptors (Lipinski definition) is 6. The normalized spacial score (nSPS) is 15.3. The van der Waals surface area contributed by atoms with Gasteiger partial charge in [0.1, 0.15) is 19.0 Å². The fraction of sp³-hybridized carbons (Fsp3) is 0.261. The molecule has 3 N–H and O–H groups in total. The molecule has 0 bridgehead atoms. The highest BCUT2D eigenvalue weighted by Gasteiger charge is 2.32. The van der Waals surface area contributed by atoms with Gasteiger partial charge >= 0.3 is 0 Å². The van der Waals surface area contributed by atoms with E-state index in [1.54, 1.807) is 11.6 Å². The van der Waals surface area contributed by atoms with Gasteiger partial charge in [-0.05, 0) is 49.6 Å². The minimum atomic E-state index is -0.519. The number of carbonyl (C=O) groups is 1. The lowest BCUT2D eigenvalue weighted by atomic mass is 9.95. The number of ether oxygens (including phenoxy) is 2. The summed E-state index contributed by atoms with van der Waals surface area (Å²) in [6.45, 7) is 6.67. The van der Waals surface area contributed by atoms with Gasteiger partial charge in [-0.3, -0.25) is 4.79 Å². The standard InChI is InChI=1S/C23H25N5O3/c1-4-30-19-11-16(9-10-18(19)31-12-17-8-6-5-7-14(17)2)21-20(22(24)29)15(3)27-23-25-13-26-28(21)23/h5-11,13,21H,4,12H2,1-3H3,(H2,24,29)(H,25,26,27). The molecule has 1 amide bonds. The van der Waals surface area contributed by atoms with E-state index in [2.05, 4.69) is 28.4 Å². The van der Waals surface area contributed by atoms with Crippen LogP contribution in [0.1, 0.15) is 36.6 Å². The number of benzene rings is 2. The van der Waals surface area contributed by atoms with Crippen molar-refractivity contribution in [1.29, 1.82) is 0 Å². The van der Waals surface area contributed by atoms with E-state index in [4.69, 9.17) is 15.2 Å². The van der Waals surface area contributed by atoms with Gasteiger partial charge in [0.25, 0.3) is 0 Å². The van der Waals surface area contributed by atoms with Crippen LogP contribution in [0.2, 0.25) is 0 Å². The first-order chi connectivity index (χ1) is 15.0. The van der Waals surface area contributed by atoms with Gasteiger partial charge in [-0.15, -0.1) is 0 Å². The summed E-state index contributed by atoms with van der Waals surface area (Å²) in [5.41, 5.74) is 9.85. The average molecular weight is 419 g/mol. The molecule has 0 radical (unpaired) electrons. The second kappa shape index (κ2) is 8.51. The van der Waals surface area contributed by atoms with E-state index in [1.807, 2.05) is 43.3 Å². The number of carbonyl (C=O) groups excluding carboxylic acids is 1. The highest BCUT2D eigenvalue weighted by molar-refractivity contribution is 5.95. The van der Waals surface area contributed by atoms with Crippen LogP contribution in [0.15, 0.2) is 60.1 Å². The first-order valence-corrected chi connectivity index (χ1v) is 10.1. The molecule has 2 aromatic carbocycles. The molecule has 0 saturated heterocycles. The number of nitrogens with two attached hydrogens (primary N) is 1. The number of rotatable bonds is 7. The molecule has 1 aromatic heterocycles. The van der Waals surface area contributed by atoms with Crippen molar-refractivity contribution in [2.24, 2.45) is 5.73 Å². The zero-order valence-corrected chi connectivity index (χ0v) is 17.8. The summed E-state index contributed by atoms with van der Waals surface area (Å²) in [6.07, 6.45) is 1.44. The summed E-state index contributed by atoms with van der Waals surface area (Å²) in [5, 5.41) is 7.37. The Morgan fingerprint density at radius 3 is 2.71 bits per heavy atom. The second-order valence-corrected chi connectivity index (χ2v) is 7.31. The fourth-order valence-corrected chi connectivity index (χ4v) is 3.73. The number of aryl methyl sites for hydroxylation is 1. The van der Waals surface area contributed by atoms with E-state index in [0.29, 0.717) is 41.9 Å². The van der Waals surface area contributed by atoms with Crippen LogP contribution in [0.3, 0.4) is 0 Å². The highest BCUT2D eigenvalue weighted by Crippen LogP contribution is 2.38. The Hall–Kier alpha value is -3.81. The first-order valence-electron chi connectivity index (χ1n) is 10.1. The van der Waals surface area contributed by atoms with Crippen molar-refractivity contribution in [2.75, 3.05) is 11.9 Å². The van der Waals surface area contributed by atoms with Crippen molar-refractivity contribution in [2.45, 2.75) is 33.4 Å². The summed E-state index contributed by atoms with van der Waals surface area (Å²) >= 11 is 0. The Morgan fingerprint density at radius 1 is 1.16 bits per heavy atom. The molecule has 3 aromatic rings. The Morgan fingerprint density at radius 2 is 1.97 bits per heavy atom. The smallest absolute Gasteiger partial charge is 0.248 e. The molecular weight excluding hydrogens is 394 g/mol. The SMILES string of the molecule is CCOc1cc(C2C(C(N)=O)=C(C)Nc3ncnn32)ccc1OCc1ccccc1C. The van der Waals surface area contributed by atoms with E-state index < -0.39 is 11.9 Å². The average Bonchev–Trinajstić information content (AvgIpc) is 3.21. The summed E-state index contributed by atoms with van der Waals surface area (Å²) in [4.78, 5) is 16.5. The minimum absolute atomic E-state index is 0.425. The molecule has 0 fully saturated rings. The van der Waals surface area contributed by atoms with Gasteiger partial charge in [-0.2, -0.15) is 10.1 Å². The van der Waals surface area contributed by atoms with Crippen LogP contribution < -0.4 is 20.5 Å². The largest absolute Gasteiger partial charge is 0.490 e. The van der Waals surface area contributed by atoms with Crippen LogP contribution in [0.25, 0.3) is 0 Å². The number of allylic oxidation sites excluding steroid dienone is 1. The van der Waals surface area contributed by atoms with E-state index in [0.717, 1.165) is 16.7 Å². The Labute approximate surface area is 180 Å². The van der Waals surface area contributed by atoms with Gasteiger partial charge < -0.3 is 20.5 Å². The molecule has 1 aliphatic heterocycles. The molecule has 8 heteroatoms. The minimum Gasteiger partial charge on any atom is -0.490 e. The van der Waals surface area contributed by atoms with Crippen LogP contribution in [0.5, 0.6) is 11.5 Å². The molecule has 0 aliphatic carbocycles. The lowest BCUT2D eigenvalue weighted by Gasteiger charge is -2.28. The van der Waals surface area contributed by atoms with E-state index in [9.17, 15) is 4.79 Å². The predicted octanol–water partition coefficient (Wildman–Crippen LogP) is 3.34. The molecule has 1 unspecified atom stereocenters. The zero-order chi connectivity index (χ0) is 22.0. The van der Waals surface area contributed by atoms with Crippen molar-refractivity contribution in [1.82, 2.24) is 14.8 Å². The van der Waals surface area contributed by atoms with Crippen molar-refractivity contribution >= 4 is 11.9 Å². The van der Waals surface area contributed by atoms with Crippen molar-refractivity contribution < 1.29 is 14.3 Å². The van der Waals surface area contributed by atoms with Gasteiger partial charge in [0.2, 0.25) is 11.9 Å². The molecule has 1 atom stereocenters. The molecule has 160 valence electrons. The van der Waals surface area contributed by atoms with Crippen molar-refractivity contribution in [3.63, 3.8) is 0 Å². The van der Waals surface area contributed by atoms with Crippen LogP contribution in [0, 0.1) is 6.92 Å². The summed E-state index contributed by atoms with van der Waals surface area (Å²) in [7, 11) is 0. The van der Waals surface area contributed by atoms with Crippen molar-refractivity contribution in [3.05, 3.63) is 76.8 Å². The van der Waals surface area contributed by atoms with Gasteiger partial charge in [0.05, 0.1) is 12.2 Å². The van der Waals surface area contributed by atoms with E-state index in [1.165, 1.54) is 6.33 Å². The zero-order valence-electron chi connectivity index (χ0n) is 17.8. The lowest BCUT2D eigenvalue weighted by molar-refractivity contribution is -0.115. The number of nitrogens with zero attached hydrogens (tertiary/aromatic N) is 3. The summed E-state index contributed by atoms with van der Waals surface area (Å²) in [5.74, 6) is 1.25. The van der Waals surface area contributed by atoms with Crippen molar-refractivity contribution in [3.8, 4) is 11.5 Å². The fourth-order valence-electron chi connectivity index (χ4n) is 3.73. The number of amides is 1. The summed E-state index contributed by atoms with van der Waals surface area (Å²) in [6, 6.07) is 13.2. The number of aromatic nitrogens is 3. The third-order valence-electron chi connectivity index (χ3n) is 5.29. The molecule has 0 saturated carbocycles. The monoisotopic (exact) mass is 419 g/mol. The third-order valence-corrected chi connectivity index (χ3v) is 5.29. The number of nitrogens with one attached hydrogen (secondary N) is 1. The molecule has 2 heterocycles. The van der Waals surface area contributed by atoms with E-state index >= 15 is 0 Å². The Kier molecular flexibility index (Phi) is 5.62. The van der Waals surface area contributed by atoms with Gasteiger partial charge in [-0.25, -0.2) is 4.68 Å². The number of fused-ring (bicyclic) bond motifs is 1. The van der Waals surface area contributed by atoms with Crippen LogP contribution in [-0.4, -0.2) is 27.3 Å². The molecule has 1 aliphatic rings. The quantitative estimate of drug-likeness (QED) is 0.609. The maximum Gasteiger partial charge on any atom is 0.248 e. The second-order valence-electron chi connectivity index (χ2n) is 7.31. The van der Waals surface area contributed by atoms with Crippen LogP contribution in [-0.2, 0) is 11.4 Å². The maximum atomic E-state index is 12.3. The predicted molar refractivity (Wildman–Crippen MR) is 117 cm³/mol.